The molecule has 3 aromatic rings. The number of ether oxygens (including phenoxy) is 1. The van der Waals surface area contributed by atoms with E-state index in [9.17, 15) is 15.3 Å². The van der Waals surface area contributed by atoms with Crippen molar-refractivity contribution in [2.45, 2.75) is 20.5 Å². The molecule has 0 aliphatic carbocycles. The van der Waals surface area contributed by atoms with Gasteiger partial charge in [0.1, 0.15) is 24.0 Å². The second-order valence-electron chi connectivity index (χ2n) is 7.16. The van der Waals surface area contributed by atoms with Crippen LogP contribution in [0.25, 0.3) is 6.08 Å². The molecule has 0 saturated heterocycles. The average molecular weight is 486 g/mol. The highest BCUT2D eigenvalue weighted by Crippen LogP contribution is 2.27. The summed E-state index contributed by atoms with van der Waals surface area (Å²) in [7, 11) is 0. The summed E-state index contributed by atoms with van der Waals surface area (Å²) in [6, 6.07) is 22.2. The van der Waals surface area contributed by atoms with Crippen molar-refractivity contribution in [1.82, 2.24) is 0 Å². The van der Waals surface area contributed by atoms with Crippen molar-refractivity contribution in [3.8, 4) is 17.9 Å². The maximum atomic E-state index is 12.7. The topological polar surface area (TPSA) is 85.9 Å². The predicted molar refractivity (Wildman–Crippen MR) is 128 cm³/mol. The van der Waals surface area contributed by atoms with E-state index in [1.54, 1.807) is 30.3 Å². The number of carbonyl (C=O) groups excluding carboxylic acids is 1. The van der Waals surface area contributed by atoms with Crippen LogP contribution in [0.1, 0.15) is 27.8 Å². The smallest absolute Gasteiger partial charge is 0.266 e. The summed E-state index contributed by atoms with van der Waals surface area (Å²) in [5, 5.41) is 21.6. The third-order valence-corrected chi connectivity index (χ3v) is 5.42. The van der Waals surface area contributed by atoms with Crippen molar-refractivity contribution >= 4 is 33.6 Å². The first-order valence-corrected chi connectivity index (χ1v) is 10.6. The van der Waals surface area contributed by atoms with Gasteiger partial charge in [-0.15, -0.1) is 0 Å². The monoisotopic (exact) mass is 485 g/mol. The number of hydrogen-bond acceptors (Lipinski definition) is 4. The van der Waals surface area contributed by atoms with E-state index in [2.05, 4.69) is 27.3 Å². The van der Waals surface area contributed by atoms with Crippen molar-refractivity contribution in [3.63, 3.8) is 0 Å². The largest absolute Gasteiger partial charge is 0.488 e. The molecule has 0 saturated carbocycles. The fraction of sp³-hybridized carbons (Fsp3) is 0.115. The minimum Gasteiger partial charge on any atom is -0.488 e. The molecule has 3 rings (SSSR count). The molecule has 0 unspecified atom stereocenters. The molecule has 0 bridgehead atoms. The summed E-state index contributed by atoms with van der Waals surface area (Å²) in [6.45, 7) is 4.13. The van der Waals surface area contributed by atoms with Crippen molar-refractivity contribution < 1.29 is 9.53 Å². The summed E-state index contributed by atoms with van der Waals surface area (Å²) in [5.74, 6) is -0.0100. The molecule has 0 radical (unpaired) electrons. The van der Waals surface area contributed by atoms with Gasteiger partial charge >= 0.3 is 0 Å². The number of carbonyl (C=O) groups is 1. The van der Waals surface area contributed by atoms with Gasteiger partial charge in [-0.2, -0.15) is 10.5 Å². The molecule has 0 spiro atoms. The molecule has 1 amide bonds. The van der Waals surface area contributed by atoms with Crippen LogP contribution >= 0.6 is 15.9 Å². The van der Waals surface area contributed by atoms with Gasteiger partial charge < -0.3 is 10.1 Å². The fourth-order valence-corrected chi connectivity index (χ4v) is 3.37. The van der Waals surface area contributed by atoms with Crippen LogP contribution < -0.4 is 10.1 Å². The van der Waals surface area contributed by atoms with E-state index in [0.717, 1.165) is 21.2 Å². The summed E-state index contributed by atoms with van der Waals surface area (Å²) >= 11 is 3.42. The molecular weight excluding hydrogens is 466 g/mol. The molecule has 6 heteroatoms. The number of rotatable bonds is 6. The van der Waals surface area contributed by atoms with E-state index in [0.29, 0.717) is 22.6 Å². The quantitative estimate of drug-likeness (QED) is 0.339. The number of anilines is 1. The molecule has 3 aromatic carbocycles. The summed E-state index contributed by atoms with van der Waals surface area (Å²) < 4.78 is 6.71. The Kier molecular flexibility index (Phi) is 7.44. The van der Waals surface area contributed by atoms with Crippen LogP contribution in [-0.2, 0) is 11.4 Å². The highest BCUT2D eigenvalue weighted by atomic mass is 79.9. The molecule has 0 aromatic heterocycles. The van der Waals surface area contributed by atoms with Gasteiger partial charge in [-0.05, 0) is 67.4 Å². The first-order chi connectivity index (χ1) is 15.4. The molecule has 0 aliphatic rings. The number of nitrogens with zero attached hydrogens (tertiary/aromatic N) is 2. The zero-order chi connectivity index (χ0) is 23.1. The van der Waals surface area contributed by atoms with Crippen LogP contribution in [0.2, 0.25) is 0 Å². The van der Waals surface area contributed by atoms with Gasteiger partial charge in [0.05, 0.1) is 11.6 Å². The Morgan fingerprint density at radius 3 is 2.56 bits per heavy atom. The van der Waals surface area contributed by atoms with Gasteiger partial charge in [0.15, 0.2) is 0 Å². The predicted octanol–water partition coefficient (Wildman–Crippen LogP) is 6.06. The first kappa shape index (κ1) is 22.8. The first-order valence-electron chi connectivity index (χ1n) is 9.82. The second-order valence-corrected chi connectivity index (χ2v) is 8.08. The number of hydrogen-bond donors (Lipinski definition) is 1. The van der Waals surface area contributed by atoms with E-state index in [1.165, 1.54) is 6.08 Å². The number of amides is 1. The van der Waals surface area contributed by atoms with E-state index < -0.39 is 5.91 Å². The lowest BCUT2D eigenvalue weighted by atomic mass is 10.1. The molecule has 158 valence electrons. The molecule has 0 aliphatic heterocycles. The van der Waals surface area contributed by atoms with Crippen LogP contribution in [0.4, 0.5) is 5.69 Å². The Labute approximate surface area is 195 Å². The lowest BCUT2D eigenvalue weighted by Crippen LogP contribution is -2.13. The minimum atomic E-state index is -0.503. The highest BCUT2D eigenvalue weighted by Gasteiger charge is 2.13. The lowest BCUT2D eigenvalue weighted by Gasteiger charge is -2.12. The molecule has 32 heavy (non-hydrogen) atoms. The van der Waals surface area contributed by atoms with Gasteiger partial charge in [0.2, 0.25) is 0 Å². The van der Waals surface area contributed by atoms with E-state index >= 15 is 0 Å². The van der Waals surface area contributed by atoms with Crippen LogP contribution in [0.15, 0.2) is 70.7 Å². The third-order valence-electron chi connectivity index (χ3n) is 4.92. The standard InChI is InChI=1S/C26H20BrN3O2/c1-17-7-9-24(11-18(17)2)30-26(31)22(15-29)12-21-13-23(27)8-10-25(21)32-16-20-6-4-3-5-19(20)14-28/h3-13H,16H2,1-2H3,(H,30,31)/b22-12+. The molecule has 0 fully saturated rings. The van der Waals surface area contributed by atoms with Crippen LogP contribution in [-0.4, -0.2) is 5.91 Å². The van der Waals surface area contributed by atoms with Crippen molar-refractivity contribution in [1.29, 1.82) is 10.5 Å². The minimum absolute atomic E-state index is 0.0522. The Hall–Kier alpha value is -3.87. The van der Waals surface area contributed by atoms with E-state index in [-0.39, 0.29) is 12.2 Å². The molecular formula is C26H20BrN3O2. The summed E-state index contributed by atoms with van der Waals surface area (Å²) in [5.41, 5.74) is 4.59. The van der Waals surface area contributed by atoms with Gasteiger partial charge in [-0.3, -0.25) is 4.79 Å². The zero-order valence-electron chi connectivity index (χ0n) is 17.6. The van der Waals surface area contributed by atoms with E-state index in [1.807, 2.05) is 50.2 Å². The van der Waals surface area contributed by atoms with Crippen LogP contribution in [0, 0.1) is 36.5 Å². The number of aryl methyl sites for hydroxylation is 2. The lowest BCUT2D eigenvalue weighted by molar-refractivity contribution is -0.112. The molecule has 5 nitrogen and oxygen atoms in total. The van der Waals surface area contributed by atoms with Crippen molar-refractivity contribution in [3.05, 3.63) is 98.5 Å². The van der Waals surface area contributed by atoms with Crippen molar-refractivity contribution in [2.75, 3.05) is 5.32 Å². The molecule has 1 N–H and O–H groups in total. The Bertz CT molecular complexity index is 1280. The maximum Gasteiger partial charge on any atom is 0.266 e. The summed E-state index contributed by atoms with van der Waals surface area (Å²) in [4.78, 5) is 12.7. The maximum absolute atomic E-state index is 12.7. The third kappa shape index (κ3) is 5.63. The van der Waals surface area contributed by atoms with Crippen LogP contribution in [0.5, 0.6) is 5.75 Å². The number of benzene rings is 3. The Balaban J connectivity index is 1.86. The molecule has 0 heterocycles. The van der Waals surface area contributed by atoms with Crippen LogP contribution in [0.3, 0.4) is 0 Å². The number of nitrogens with one attached hydrogen (secondary N) is 1. The van der Waals surface area contributed by atoms with Gasteiger partial charge in [0, 0.05) is 21.3 Å². The highest BCUT2D eigenvalue weighted by molar-refractivity contribution is 9.10. The zero-order valence-corrected chi connectivity index (χ0v) is 19.2. The SMILES string of the molecule is Cc1ccc(NC(=O)/C(C#N)=C/c2cc(Br)ccc2OCc2ccccc2C#N)cc1C. The van der Waals surface area contributed by atoms with Crippen molar-refractivity contribution in [2.24, 2.45) is 0 Å². The summed E-state index contributed by atoms with van der Waals surface area (Å²) in [6.07, 6.45) is 1.49. The average Bonchev–Trinajstić information content (AvgIpc) is 2.79. The Morgan fingerprint density at radius 2 is 1.84 bits per heavy atom. The van der Waals surface area contributed by atoms with E-state index in [4.69, 9.17) is 4.74 Å². The fourth-order valence-electron chi connectivity index (χ4n) is 3.00. The van der Waals surface area contributed by atoms with Gasteiger partial charge in [-0.25, -0.2) is 0 Å². The Morgan fingerprint density at radius 1 is 1.06 bits per heavy atom. The number of halogens is 1. The second kappa shape index (κ2) is 10.4. The normalized spacial score (nSPS) is 10.7. The van der Waals surface area contributed by atoms with Gasteiger partial charge in [-0.1, -0.05) is 40.2 Å². The number of nitriles is 2. The van der Waals surface area contributed by atoms with Gasteiger partial charge in [0.25, 0.3) is 5.91 Å². The molecule has 0 atom stereocenters.